The Morgan fingerprint density at radius 1 is 1.23 bits per heavy atom. The third-order valence-electron chi connectivity index (χ3n) is 5.06. The van der Waals surface area contributed by atoms with Crippen LogP contribution < -0.4 is 0 Å². The van der Waals surface area contributed by atoms with Gasteiger partial charge in [-0.15, -0.1) is 0 Å². The highest BCUT2D eigenvalue weighted by molar-refractivity contribution is 5.85. The minimum atomic E-state index is -0.510. The predicted molar refractivity (Wildman–Crippen MR) is 88.3 cm³/mol. The Morgan fingerprint density at radius 2 is 1.86 bits per heavy atom. The Balaban J connectivity index is 2.75. The predicted octanol–water partition coefficient (Wildman–Crippen LogP) is 3.49. The second-order valence-corrected chi connectivity index (χ2v) is 7.23. The Hall–Kier alpha value is -1.06. The standard InChI is InChI=1S/C18H33NO3/c1-7-10-22-18(21)14(5)19(6)17(20)16-11-13(4)8-9-15(16)12(2)3/h12-16H,7-11H2,1-6H3/t13-,14-,15+,16-/m1/s1. The average Bonchev–Trinajstić information content (AvgIpc) is 2.49. The van der Waals surface area contributed by atoms with E-state index in [9.17, 15) is 9.59 Å². The second-order valence-electron chi connectivity index (χ2n) is 7.23. The Labute approximate surface area is 135 Å². The van der Waals surface area contributed by atoms with Crippen molar-refractivity contribution in [3.63, 3.8) is 0 Å². The number of hydrogen-bond donors (Lipinski definition) is 0. The first-order chi connectivity index (χ1) is 10.3. The topological polar surface area (TPSA) is 46.6 Å². The van der Waals surface area contributed by atoms with E-state index >= 15 is 0 Å². The van der Waals surface area contributed by atoms with Crippen LogP contribution in [-0.2, 0) is 14.3 Å². The van der Waals surface area contributed by atoms with Crippen molar-refractivity contribution in [2.75, 3.05) is 13.7 Å². The molecule has 0 heterocycles. The Morgan fingerprint density at radius 3 is 2.41 bits per heavy atom. The summed E-state index contributed by atoms with van der Waals surface area (Å²) in [5.41, 5.74) is 0. The largest absolute Gasteiger partial charge is 0.464 e. The van der Waals surface area contributed by atoms with Gasteiger partial charge in [0.25, 0.3) is 0 Å². The molecular formula is C18H33NO3. The van der Waals surface area contributed by atoms with Crippen LogP contribution in [0.15, 0.2) is 0 Å². The van der Waals surface area contributed by atoms with E-state index in [2.05, 4.69) is 20.8 Å². The zero-order valence-corrected chi connectivity index (χ0v) is 15.1. The summed E-state index contributed by atoms with van der Waals surface area (Å²) in [6.07, 6.45) is 4.04. The molecule has 4 heteroatoms. The van der Waals surface area contributed by atoms with Crippen LogP contribution in [0.25, 0.3) is 0 Å². The third kappa shape index (κ3) is 4.72. The number of ether oxygens (including phenoxy) is 1. The van der Waals surface area contributed by atoms with Crippen molar-refractivity contribution >= 4 is 11.9 Å². The lowest BCUT2D eigenvalue weighted by Gasteiger charge is -2.39. The molecule has 0 radical (unpaired) electrons. The van der Waals surface area contributed by atoms with Crippen molar-refractivity contribution in [2.45, 2.75) is 66.3 Å². The number of nitrogens with zero attached hydrogens (tertiary/aromatic N) is 1. The number of hydrogen-bond acceptors (Lipinski definition) is 3. The molecule has 1 aliphatic carbocycles. The Bertz CT molecular complexity index is 381. The summed E-state index contributed by atoms with van der Waals surface area (Å²) in [5, 5.41) is 0. The molecule has 0 aromatic rings. The lowest BCUT2D eigenvalue weighted by atomic mass is 9.69. The molecular weight excluding hydrogens is 278 g/mol. The highest BCUT2D eigenvalue weighted by atomic mass is 16.5. The van der Waals surface area contributed by atoms with E-state index in [0.29, 0.717) is 24.4 Å². The normalized spacial score (nSPS) is 26.6. The van der Waals surface area contributed by atoms with Gasteiger partial charge in [0.2, 0.25) is 5.91 Å². The van der Waals surface area contributed by atoms with Gasteiger partial charge in [0.05, 0.1) is 6.61 Å². The fourth-order valence-corrected chi connectivity index (χ4v) is 3.42. The number of carbonyl (C=O) groups excluding carboxylic acids is 2. The molecule has 0 unspecified atom stereocenters. The van der Waals surface area contributed by atoms with Crippen molar-refractivity contribution in [3.8, 4) is 0 Å². The zero-order valence-electron chi connectivity index (χ0n) is 15.1. The molecule has 1 fully saturated rings. The van der Waals surface area contributed by atoms with Crippen LogP contribution in [0.3, 0.4) is 0 Å². The van der Waals surface area contributed by atoms with Gasteiger partial charge in [-0.25, -0.2) is 4.79 Å². The van der Waals surface area contributed by atoms with Crippen LogP contribution in [-0.4, -0.2) is 36.5 Å². The van der Waals surface area contributed by atoms with Crippen LogP contribution in [0.2, 0.25) is 0 Å². The van der Waals surface area contributed by atoms with Crippen molar-refractivity contribution in [1.29, 1.82) is 0 Å². The fraction of sp³-hybridized carbons (Fsp3) is 0.889. The molecule has 1 rings (SSSR count). The minimum Gasteiger partial charge on any atom is -0.464 e. The number of carbonyl (C=O) groups is 2. The maximum Gasteiger partial charge on any atom is 0.328 e. The van der Waals surface area contributed by atoms with Crippen molar-refractivity contribution < 1.29 is 14.3 Å². The molecule has 1 amide bonds. The molecule has 1 aliphatic rings. The van der Waals surface area contributed by atoms with Crippen molar-refractivity contribution in [1.82, 2.24) is 4.90 Å². The van der Waals surface area contributed by atoms with Gasteiger partial charge in [-0.2, -0.15) is 0 Å². The SMILES string of the molecule is CCCOC(=O)[C@@H](C)N(C)C(=O)[C@@H]1C[C@H](C)CC[C@H]1C(C)C. The van der Waals surface area contributed by atoms with Gasteiger partial charge in [-0.3, -0.25) is 4.79 Å². The van der Waals surface area contributed by atoms with Gasteiger partial charge >= 0.3 is 5.97 Å². The summed E-state index contributed by atoms with van der Waals surface area (Å²) >= 11 is 0. The molecule has 0 spiro atoms. The zero-order chi connectivity index (χ0) is 16.9. The molecule has 0 aliphatic heterocycles. The molecule has 0 saturated heterocycles. The van der Waals surface area contributed by atoms with Gasteiger partial charge in [0, 0.05) is 13.0 Å². The van der Waals surface area contributed by atoms with E-state index in [1.807, 2.05) is 6.92 Å². The Kier molecular flexibility index (Phi) is 7.37. The monoisotopic (exact) mass is 311 g/mol. The van der Waals surface area contributed by atoms with Crippen LogP contribution in [0.4, 0.5) is 0 Å². The highest BCUT2D eigenvalue weighted by Crippen LogP contribution is 2.39. The third-order valence-corrected chi connectivity index (χ3v) is 5.06. The molecule has 22 heavy (non-hydrogen) atoms. The highest BCUT2D eigenvalue weighted by Gasteiger charge is 2.38. The van der Waals surface area contributed by atoms with Gasteiger partial charge in [0.1, 0.15) is 6.04 Å². The van der Waals surface area contributed by atoms with Crippen molar-refractivity contribution in [2.24, 2.45) is 23.7 Å². The summed E-state index contributed by atoms with van der Waals surface area (Å²) in [5.74, 6) is 1.34. The van der Waals surface area contributed by atoms with Crippen LogP contribution >= 0.6 is 0 Å². The van der Waals surface area contributed by atoms with E-state index in [1.54, 1.807) is 18.9 Å². The van der Waals surface area contributed by atoms with Gasteiger partial charge in [0.15, 0.2) is 0 Å². The molecule has 0 aromatic heterocycles. The van der Waals surface area contributed by atoms with E-state index in [4.69, 9.17) is 4.74 Å². The minimum absolute atomic E-state index is 0.0372. The molecule has 0 bridgehead atoms. The van der Waals surface area contributed by atoms with E-state index < -0.39 is 6.04 Å². The van der Waals surface area contributed by atoms with Gasteiger partial charge in [-0.1, -0.05) is 34.1 Å². The van der Waals surface area contributed by atoms with E-state index in [1.165, 1.54) is 6.42 Å². The molecule has 128 valence electrons. The number of rotatable bonds is 6. The second kappa shape index (κ2) is 8.54. The number of esters is 1. The fourth-order valence-electron chi connectivity index (χ4n) is 3.42. The lowest BCUT2D eigenvalue weighted by Crippen LogP contribution is -2.47. The first-order valence-electron chi connectivity index (χ1n) is 8.72. The van der Waals surface area contributed by atoms with Crippen LogP contribution in [0.5, 0.6) is 0 Å². The maximum atomic E-state index is 12.9. The van der Waals surface area contributed by atoms with E-state index in [0.717, 1.165) is 19.3 Å². The first-order valence-corrected chi connectivity index (χ1v) is 8.72. The summed E-state index contributed by atoms with van der Waals surface area (Å²) < 4.78 is 5.17. The first kappa shape index (κ1) is 19.0. The van der Waals surface area contributed by atoms with Crippen LogP contribution in [0.1, 0.15) is 60.3 Å². The van der Waals surface area contributed by atoms with Gasteiger partial charge in [-0.05, 0) is 43.9 Å². The maximum absolute atomic E-state index is 12.9. The average molecular weight is 311 g/mol. The number of likely N-dealkylation sites (N-methyl/N-ethyl adjacent to an activating group) is 1. The van der Waals surface area contributed by atoms with E-state index in [-0.39, 0.29) is 17.8 Å². The quantitative estimate of drug-likeness (QED) is 0.705. The summed E-state index contributed by atoms with van der Waals surface area (Å²) in [7, 11) is 1.73. The number of amides is 1. The molecule has 0 aromatic carbocycles. The summed E-state index contributed by atoms with van der Waals surface area (Å²) in [4.78, 5) is 26.5. The van der Waals surface area contributed by atoms with Gasteiger partial charge < -0.3 is 9.64 Å². The molecule has 4 atom stereocenters. The van der Waals surface area contributed by atoms with Crippen LogP contribution in [0, 0.1) is 23.7 Å². The summed E-state index contributed by atoms with van der Waals surface area (Å²) in [6.45, 7) is 10.7. The molecule has 1 saturated carbocycles. The molecule has 0 N–H and O–H groups in total. The lowest BCUT2D eigenvalue weighted by molar-refractivity contribution is -0.156. The summed E-state index contributed by atoms with van der Waals surface area (Å²) in [6, 6.07) is -0.510. The van der Waals surface area contributed by atoms with Crippen molar-refractivity contribution in [3.05, 3.63) is 0 Å². The molecule has 4 nitrogen and oxygen atoms in total. The smallest absolute Gasteiger partial charge is 0.328 e.